The molecule has 0 heterocycles. The third kappa shape index (κ3) is 3.17. The molecule has 0 aliphatic heterocycles. The Morgan fingerprint density at radius 1 is 1.25 bits per heavy atom. The van der Waals surface area contributed by atoms with Crippen molar-refractivity contribution in [1.29, 1.82) is 0 Å². The van der Waals surface area contributed by atoms with Gasteiger partial charge in [-0.2, -0.15) is 0 Å². The molecule has 0 aliphatic rings. The van der Waals surface area contributed by atoms with E-state index in [4.69, 9.17) is 5.73 Å². The van der Waals surface area contributed by atoms with E-state index in [1.54, 1.807) is 0 Å². The van der Waals surface area contributed by atoms with Crippen LogP contribution in [0, 0.1) is 5.82 Å². The van der Waals surface area contributed by atoms with Crippen molar-refractivity contribution in [2.75, 3.05) is 5.73 Å². The lowest BCUT2D eigenvalue weighted by molar-refractivity contribution is 0.0940. The van der Waals surface area contributed by atoms with Gasteiger partial charge in [0.15, 0.2) is 0 Å². The highest BCUT2D eigenvalue weighted by atomic mass is 79.9. The third-order valence-corrected chi connectivity index (χ3v) is 3.54. The number of nitrogens with two attached hydrogens (primary N) is 1. The van der Waals surface area contributed by atoms with E-state index in [-0.39, 0.29) is 17.3 Å². The van der Waals surface area contributed by atoms with Crippen LogP contribution in [0.2, 0.25) is 0 Å². The summed E-state index contributed by atoms with van der Waals surface area (Å²) in [5.74, 6) is -0.980. The van der Waals surface area contributed by atoms with Gasteiger partial charge < -0.3 is 11.1 Å². The number of hydrogen-bond acceptors (Lipinski definition) is 2. The number of nitrogen functional groups attached to an aromatic ring is 1. The van der Waals surface area contributed by atoms with Crippen molar-refractivity contribution in [1.82, 2.24) is 5.32 Å². The minimum atomic E-state index is -0.589. The number of halogens is 2. The molecule has 3 nitrogen and oxygen atoms in total. The first-order valence-corrected chi connectivity index (χ1v) is 6.88. The molecule has 0 fully saturated rings. The summed E-state index contributed by atoms with van der Waals surface area (Å²) in [5, 5.41) is 2.80. The van der Waals surface area contributed by atoms with Crippen molar-refractivity contribution < 1.29 is 9.18 Å². The second kappa shape index (κ2) is 6.05. The number of nitrogens with one attached hydrogen (secondary N) is 1. The first-order valence-electron chi connectivity index (χ1n) is 6.09. The number of amides is 1. The zero-order valence-electron chi connectivity index (χ0n) is 10.9. The smallest absolute Gasteiger partial charge is 0.253 e. The van der Waals surface area contributed by atoms with E-state index < -0.39 is 11.7 Å². The molecule has 0 bridgehead atoms. The lowest BCUT2D eigenvalue weighted by atomic mass is 10.1. The van der Waals surface area contributed by atoms with E-state index in [0.29, 0.717) is 0 Å². The standard InChI is InChI=1S/C15H14BrFN2O/c1-9(10-5-7-11(16)8-6-10)19-15(20)12-3-2-4-13(17)14(12)18/h2-9H,18H2,1H3,(H,19,20)/t9-/m0/s1. The SMILES string of the molecule is C[C@H](NC(=O)c1cccc(F)c1N)c1ccc(Br)cc1. The van der Waals surface area contributed by atoms with Crippen LogP contribution in [-0.2, 0) is 0 Å². The molecule has 2 aromatic rings. The van der Waals surface area contributed by atoms with Crippen LogP contribution >= 0.6 is 15.9 Å². The highest BCUT2D eigenvalue weighted by Crippen LogP contribution is 2.19. The van der Waals surface area contributed by atoms with Crippen LogP contribution in [0.15, 0.2) is 46.9 Å². The molecule has 5 heteroatoms. The average molecular weight is 337 g/mol. The van der Waals surface area contributed by atoms with Gasteiger partial charge in [-0.05, 0) is 36.8 Å². The normalized spacial score (nSPS) is 11.9. The highest BCUT2D eigenvalue weighted by molar-refractivity contribution is 9.10. The highest BCUT2D eigenvalue weighted by Gasteiger charge is 2.15. The van der Waals surface area contributed by atoms with Crippen molar-refractivity contribution in [3.05, 3.63) is 63.9 Å². The van der Waals surface area contributed by atoms with Crippen molar-refractivity contribution in [3.63, 3.8) is 0 Å². The minimum Gasteiger partial charge on any atom is -0.396 e. The number of benzene rings is 2. The molecule has 0 spiro atoms. The van der Waals surface area contributed by atoms with Gasteiger partial charge in [-0.25, -0.2) is 4.39 Å². The van der Waals surface area contributed by atoms with Crippen LogP contribution in [0.5, 0.6) is 0 Å². The molecule has 0 saturated heterocycles. The predicted molar refractivity (Wildman–Crippen MR) is 80.8 cm³/mol. The van der Waals surface area contributed by atoms with E-state index >= 15 is 0 Å². The zero-order valence-corrected chi connectivity index (χ0v) is 12.4. The maximum absolute atomic E-state index is 13.3. The topological polar surface area (TPSA) is 55.1 Å². The Hall–Kier alpha value is -1.88. The van der Waals surface area contributed by atoms with E-state index in [1.807, 2.05) is 31.2 Å². The van der Waals surface area contributed by atoms with E-state index in [1.165, 1.54) is 18.2 Å². The average Bonchev–Trinajstić information content (AvgIpc) is 2.42. The Morgan fingerprint density at radius 3 is 2.55 bits per heavy atom. The Morgan fingerprint density at radius 2 is 1.90 bits per heavy atom. The number of carbonyl (C=O) groups excluding carboxylic acids is 1. The predicted octanol–water partition coefficient (Wildman–Crippen LogP) is 3.66. The molecule has 104 valence electrons. The van der Waals surface area contributed by atoms with Crippen molar-refractivity contribution in [2.45, 2.75) is 13.0 Å². The molecule has 2 aromatic carbocycles. The number of anilines is 1. The summed E-state index contributed by atoms with van der Waals surface area (Å²) in [6.45, 7) is 1.86. The van der Waals surface area contributed by atoms with Crippen LogP contribution in [0.1, 0.15) is 28.9 Å². The van der Waals surface area contributed by atoms with Gasteiger partial charge in [0, 0.05) is 4.47 Å². The van der Waals surface area contributed by atoms with E-state index in [2.05, 4.69) is 21.2 Å². The molecule has 0 unspecified atom stereocenters. The minimum absolute atomic E-state index is 0.131. The molecule has 3 N–H and O–H groups in total. The fourth-order valence-electron chi connectivity index (χ4n) is 1.84. The maximum Gasteiger partial charge on any atom is 0.253 e. The second-order valence-corrected chi connectivity index (χ2v) is 5.36. The molecule has 1 amide bonds. The number of para-hydroxylation sites is 1. The van der Waals surface area contributed by atoms with Crippen molar-refractivity contribution in [2.24, 2.45) is 0 Å². The summed E-state index contributed by atoms with van der Waals surface area (Å²) in [7, 11) is 0. The van der Waals surface area contributed by atoms with Crippen molar-refractivity contribution >= 4 is 27.5 Å². The molecule has 0 radical (unpaired) electrons. The summed E-state index contributed by atoms with van der Waals surface area (Å²) < 4.78 is 14.3. The van der Waals surface area contributed by atoms with Gasteiger partial charge in [0.25, 0.3) is 5.91 Å². The fourth-order valence-corrected chi connectivity index (χ4v) is 2.11. The van der Waals surface area contributed by atoms with Crippen LogP contribution in [0.25, 0.3) is 0 Å². The lowest BCUT2D eigenvalue weighted by Gasteiger charge is -2.15. The summed E-state index contributed by atoms with van der Waals surface area (Å²) in [5.41, 5.74) is 6.55. The molecule has 1 atom stereocenters. The van der Waals surface area contributed by atoms with Gasteiger partial charge in [0.1, 0.15) is 5.82 Å². The van der Waals surface area contributed by atoms with Gasteiger partial charge in [-0.15, -0.1) is 0 Å². The Bertz CT molecular complexity index is 628. The summed E-state index contributed by atoms with van der Waals surface area (Å²) >= 11 is 3.35. The van der Waals surface area contributed by atoms with Crippen molar-refractivity contribution in [3.8, 4) is 0 Å². The molecular weight excluding hydrogens is 323 g/mol. The van der Waals surface area contributed by atoms with E-state index in [0.717, 1.165) is 10.0 Å². The fraction of sp³-hybridized carbons (Fsp3) is 0.133. The molecule has 20 heavy (non-hydrogen) atoms. The Kier molecular flexibility index (Phi) is 4.39. The van der Waals surface area contributed by atoms with Crippen LogP contribution in [0.4, 0.5) is 10.1 Å². The quantitative estimate of drug-likeness (QED) is 0.840. The molecule has 0 saturated carbocycles. The van der Waals surface area contributed by atoms with Crippen LogP contribution < -0.4 is 11.1 Å². The van der Waals surface area contributed by atoms with E-state index in [9.17, 15) is 9.18 Å². The number of carbonyl (C=O) groups is 1. The summed E-state index contributed by atoms with van der Waals surface area (Å²) in [4.78, 5) is 12.1. The third-order valence-electron chi connectivity index (χ3n) is 3.02. The summed E-state index contributed by atoms with van der Waals surface area (Å²) in [6, 6.07) is 11.6. The molecule has 0 aromatic heterocycles. The van der Waals surface area contributed by atoms with Gasteiger partial charge in [0.05, 0.1) is 17.3 Å². The van der Waals surface area contributed by atoms with Gasteiger partial charge in [-0.3, -0.25) is 4.79 Å². The van der Waals surface area contributed by atoms with Gasteiger partial charge >= 0.3 is 0 Å². The van der Waals surface area contributed by atoms with Gasteiger partial charge in [-0.1, -0.05) is 34.1 Å². The summed E-state index contributed by atoms with van der Waals surface area (Å²) in [6.07, 6.45) is 0. The van der Waals surface area contributed by atoms with Crippen LogP contribution in [-0.4, -0.2) is 5.91 Å². The molecular formula is C15H14BrFN2O. The largest absolute Gasteiger partial charge is 0.396 e. The maximum atomic E-state index is 13.3. The first-order chi connectivity index (χ1) is 9.49. The first kappa shape index (κ1) is 14.5. The van der Waals surface area contributed by atoms with Crippen LogP contribution in [0.3, 0.4) is 0 Å². The number of hydrogen-bond donors (Lipinski definition) is 2. The lowest BCUT2D eigenvalue weighted by Crippen LogP contribution is -2.27. The number of rotatable bonds is 3. The Balaban J connectivity index is 2.15. The molecule has 2 rings (SSSR count). The zero-order chi connectivity index (χ0) is 14.7. The Labute approximate surface area is 125 Å². The second-order valence-electron chi connectivity index (χ2n) is 4.45. The molecule has 0 aliphatic carbocycles. The van der Waals surface area contributed by atoms with Gasteiger partial charge in [0.2, 0.25) is 0 Å². The monoisotopic (exact) mass is 336 g/mol.